The van der Waals surface area contributed by atoms with Crippen molar-refractivity contribution in [1.82, 2.24) is 4.90 Å². The average Bonchev–Trinajstić information content (AvgIpc) is 2.96. The van der Waals surface area contributed by atoms with Gasteiger partial charge in [-0.1, -0.05) is 91.9 Å². The highest BCUT2D eigenvalue weighted by Gasteiger charge is 2.35. The molecule has 0 heterocycles. The Bertz CT molecular complexity index is 1410. The average molecular weight is 616 g/mol. The van der Waals surface area contributed by atoms with Crippen molar-refractivity contribution in [1.29, 1.82) is 0 Å². The highest BCUT2D eigenvalue weighted by molar-refractivity contribution is 5.85. The summed E-state index contributed by atoms with van der Waals surface area (Å²) >= 11 is 0. The Balaban J connectivity index is 0.00000506. The van der Waals surface area contributed by atoms with Crippen molar-refractivity contribution < 1.29 is 32.2 Å². The number of halogens is 5. The molecule has 0 bridgehead atoms. The van der Waals surface area contributed by atoms with Gasteiger partial charge in [-0.3, -0.25) is 9.69 Å². The second-order valence-electron chi connectivity index (χ2n) is 10.5. The van der Waals surface area contributed by atoms with Gasteiger partial charge in [0.05, 0.1) is 18.6 Å². The zero-order valence-corrected chi connectivity index (χ0v) is 24.5. The smallest absolute Gasteiger partial charge is 0.419 e. The van der Waals surface area contributed by atoms with E-state index in [4.69, 9.17) is 9.84 Å². The fourth-order valence-electron chi connectivity index (χ4n) is 5.05. The van der Waals surface area contributed by atoms with Gasteiger partial charge in [-0.05, 0) is 34.9 Å². The second kappa shape index (κ2) is 15.5. The molecule has 0 radical (unpaired) electrons. The number of benzene rings is 4. The van der Waals surface area contributed by atoms with Gasteiger partial charge in [-0.25, -0.2) is 4.39 Å². The number of nitrogens with zero attached hydrogens (tertiary/aromatic N) is 1. The van der Waals surface area contributed by atoms with Gasteiger partial charge < -0.3 is 9.84 Å². The number of carboxylic acids is 1. The Kier molecular flexibility index (Phi) is 12.2. The third-order valence-corrected chi connectivity index (χ3v) is 6.98. The van der Waals surface area contributed by atoms with Gasteiger partial charge in [0.25, 0.3) is 0 Å². The van der Waals surface area contributed by atoms with Crippen LogP contribution in [0.15, 0.2) is 103 Å². The van der Waals surface area contributed by atoms with E-state index in [0.717, 1.165) is 17.2 Å². The number of carbonyl (C=O) groups is 1. The summed E-state index contributed by atoms with van der Waals surface area (Å²) in [5.74, 6) is -1.87. The van der Waals surface area contributed by atoms with Gasteiger partial charge >= 0.3 is 12.1 Å². The third kappa shape index (κ3) is 9.83. The van der Waals surface area contributed by atoms with Crippen LogP contribution in [0.3, 0.4) is 0 Å². The first-order valence-corrected chi connectivity index (χ1v) is 13.7. The van der Waals surface area contributed by atoms with E-state index >= 15 is 4.39 Å². The van der Waals surface area contributed by atoms with E-state index in [9.17, 15) is 18.0 Å². The maximum absolute atomic E-state index is 15.1. The molecule has 0 aliphatic carbocycles. The quantitative estimate of drug-likeness (QED) is 0.154. The zero-order chi connectivity index (χ0) is 30.1. The molecule has 0 spiro atoms. The molecule has 1 N–H and O–H groups in total. The van der Waals surface area contributed by atoms with Gasteiger partial charge in [0.2, 0.25) is 0 Å². The summed E-state index contributed by atoms with van der Waals surface area (Å²) in [6.07, 6.45) is -4.92. The monoisotopic (exact) mass is 615 g/mol. The van der Waals surface area contributed by atoms with Gasteiger partial charge in [0.15, 0.2) is 0 Å². The van der Waals surface area contributed by atoms with Crippen molar-refractivity contribution in [3.8, 4) is 5.75 Å². The molecule has 0 aromatic heterocycles. The molecule has 0 aliphatic heterocycles. The van der Waals surface area contributed by atoms with Gasteiger partial charge in [0, 0.05) is 37.0 Å². The zero-order valence-electron chi connectivity index (χ0n) is 23.6. The lowest BCUT2D eigenvalue weighted by molar-refractivity contribution is -0.140. The number of rotatable bonds is 13. The minimum Gasteiger partial charge on any atom is -0.493 e. The van der Waals surface area contributed by atoms with Crippen LogP contribution in [0.25, 0.3) is 0 Å². The van der Waals surface area contributed by atoms with Gasteiger partial charge in [0.1, 0.15) is 11.6 Å². The van der Waals surface area contributed by atoms with E-state index in [1.54, 1.807) is 24.3 Å². The van der Waals surface area contributed by atoms with Crippen molar-refractivity contribution >= 4 is 18.4 Å². The molecule has 0 saturated heterocycles. The lowest BCUT2D eigenvalue weighted by Crippen LogP contribution is -2.34. The predicted molar refractivity (Wildman–Crippen MR) is 161 cm³/mol. The maximum Gasteiger partial charge on any atom is 0.419 e. The topological polar surface area (TPSA) is 49.8 Å². The molecule has 0 aliphatic rings. The van der Waals surface area contributed by atoms with E-state index < -0.39 is 23.5 Å². The third-order valence-electron chi connectivity index (χ3n) is 6.98. The highest BCUT2D eigenvalue weighted by Crippen LogP contribution is 2.33. The molecule has 0 fully saturated rings. The summed E-state index contributed by atoms with van der Waals surface area (Å²) in [5, 5.41) is 9.08. The number of ether oxygens (including phenoxy) is 1. The summed E-state index contributed by atoms with van der Waals surface area (Å²) in [7, 11) is 0. The van der Waals surface area contributed by atoms with Crippen LogP contribution in [0.1, 0.15) is 40.7 Å². The number of hydrogen-bond acceptors (Lipinski definition) is 3. The molecular weight excluding hydrogens is 582 g/mol. The van der Waals surface area contributed by atoms with E-state index in [0.29, 0.717) is 24.4 Å². The van der Waals surface area contributed by atoms with E-state index in [1.807, 2.05) is 72.5 Å². The number of hydrogen-bond donors (Lipinski definition) is 1. The molecule has 4 nitrogen and oxygen atoms in total. The summed E-state index contributed by atoms with van der Waals surface area (Å²) in [6, 6.07) is 29.9. The van der Waals surface area contributed by atoms with Gasteiger partial charge in [-0.15, -0.1) is 12.4 Å². The SMILES string of the molecule is CC(COc1cccc(CC(=O)O)c1)CN(Cc1cccc(C(F)(F)F)c1F)CC(c1ccccc1)c1ccccc1.Cl. The van der Waals surface area contributed by atoms with Gasteiger partial charge in [-0.2, -0.15) is 13.2 Å². The van der Waals surface area contributed by atoms with Crippen molar-refractivity contribution in [3.63, 3.8) is 0 Å². The minimum absolute atomic E-state index is 0. The first-order chi connectivity index (χ1) is 20.1. The Morgan fingerprint density at radius 2 is 1.47 bits per heavy atom. The normalized spacial score (nSPS) is 12.2. The first-order valence-electron chi connectivity index (χ1n) is 13.7. The van der Waals surface area contributed by atoms with Crippen LogP contribution in [0.2, 0.25) is 0 Å². The first kappa shape index (κ1) is 33.6. The molecule has 43 heavy (non-hydrogen) atoms. The molecule has 4 aromatic carbocycles. The van der Waals surface area contributed by atoms with Crippen LogP contribution in [0, 0.1) is 11.7 Å². The molecule has 1 atom stereocenters. The predicted octanol–water partition coefficient (Wildman–Crippen LogP) is 8.24. The summed E-state index contributed by atoms with van der Waals surface area (Å²) in [5.41, 5.74) is 1.39. The molecule has 1 unspecified atom stereocenters. The second-order valence-corrected chi connectivity index (χ2v) is 10.5. The van der Waals surface area contributed by atoms with Crippen LogP contribution < -0.4 is 4.74 Å². The molecule has 0 amide bonds. The largest absolute Gasteiger partial charge is 0.493 e. The van der Waals surface area contributed by atoms with Crippen molar-refractivity contribution in [3.05, 3.63) is 137 Å². The number of carboxylic acid groups (broad SMARTS) is 1. The van der Waals surface area contributed by atoms with E-state index in [-0.39, 0.29) is 49.4 Å². The maximum atomic E-state index is 15.1. The van der Waals surface area contributed by atoms with Crippen LogP contribution >= 0.6 is 12.4 Å². The molecular formula is C34H34ClF4NO3. The Hall–Kier alpha value is -3.88. The number of aliphatic carboxylic acids is 1. The summed E-state index contributed by atoms with van der Waals surface area (Å²) in [4.78, 5) is 13.0. The molecule has 228 valence electrons. The lowest BCUT2D eigenvalue weighted by Gasteiger charge is -2.31. The van der Waals surface area contributed by atoms with E-state index in [2.05, 4.69) is 0 Å². The number of alkyl halides is 3. The Morgan fingerprint density at radius 3 is 2.05 bits per heavy atom. The molecule has 4 rings (SSSR count). The highest BCUT2D eigenvalue weighted by atomic mass is 35.5. The molecule has 0 saturated carbocycles. The van der Waals surface area contributed by atoms with Crippen LogP contribution in [-0.4, -0.2) is 35.7 Å². The standard InChI is InChI=1S/C34H33F4NO3.ClH/c1-24(23-42-29-16-8-10-25(18-29)19-32(40)41)20-39(21-28-15-9-17-31(33(28)35)34(36,37)38)22-30(26-11-4-2-5-12-26)27-13-6-3-7-14-27;/h2-18,24,30H,19-23H2,1H3,(H,40,41);1H. The fourth-order valence-corrected chi connectivity index (χ4v) is 5.05. The Labute approximate surface area is 255 Å². The molecule has 9 heteroatoms. The molecule has 4 aromatic rings. The Morgan fingerprint density at radius 1 is 0.860 bits per heavy atom. The lowest BCUT2D eigenvalue weighted by atomic mass is 9.90. The van der Waals surface area contributed by atoms with Crippen LogP contribution in [-0.2, 0) is 23.9 Å². The van der Waals surface area contributed by atoms with Crippen molar-refractivity contribution in [2.45, 2.75) is 32.0 Å². The fraction of sp³-hybridized carbons (Fsp3) is 0.265. The minimum atomic E-state index is -4.79. The summed E-state index contributed by atoms with van der Waals surface area (Å²) in [6.45, 7) is 3.06. The van der Waals surface area contributed by atoms with E-state index in [1.165, 1.54) is 12.1 Å². The van der Waals surface area contributed by atoms with Crippen LogP contribution in [0.5, 0.6) is 5.75 Å². The van der Waals surface area contributed by atoms with Crippen molar-refractivity contribution in [2.24, 2.45) is 5.92 Å². The summed E-state index contributed by atoms with van der Waals surface area (Å²) < 4.78 is 61.6. The van der Waals surface area contributed by atoms with Crippen LogP contribution in [0.4, 0.5) is 17.6 Å². The van der Waals surface area contributed by atoms with Crippen molar-refractivity contribution in [2.75, 3.05) is 19.7 Å².